The van der Waals surface area contributed by atoms with Crippen LogP contribution in [0.25, 0.3) is 0 Å². The largest absolute Gasteiger partial charge is 0.353 e. The van der Waals surface area contributed by atoms with Gasteiger partial charge < -0.3 is 15.6 Å². The van der Waals surface area contributed by atoms with E-state index in [1.807, 2.05) is 4.90 Å². The third kappa shape index (κ3) is 2.69. The zero-order valence-corrected chi connectivity index (χ0v) is 11.7. The highest BCUT2D eigenvalue weighted by Gasteiger charge is 2.35. The summed E-state index contributed by atoms with van der Waals surface area (Å²) >= 11 is 0. The van der Waals surface area contributed by atoms with Gasteiger partial charge in [0, 0.05) is 37.9 Å². The van der Waals surface area contributed by atoms with Crippen LogP contribution in [0.3, 0.4) is 0 Å². The van der Waals surface area contributed by atoms with Crippen molar-refractivity contribution in [2.45, 2.75) is 25.3 Å². The van der Waals surface area contributed by atoms with Gasteiger partial charge in [-0.1, -0.05) is 0 Å². The quantitative estimate of drug-likeness (QED) is 0.530. The summed E-state index contributed by atoms with van der Waals surface area (Å²) in [6.45, 7) is 1.31. The molecular formula is C14H19N5O2. The van der Waals surface area contributed by atoms with Gasteiger partial charge in [0.05, 0.1) is 11.3 Å². The molecule has 1 aromatic rings. The van der Waals surface area contributed by atoms with Gasteiger partial charge in [0.25, 0.3) is 5.91 Å². The number of hydrogen-bond donors (Lipinski definition) is 3. The number of rotatable bonds is 2. The first kappa shape index (κ1) is 13.8. The van der Waals surface area contributed by atoms with Crippen LogP contribution < -0.4 is 16.6 Å². The average molecular weight is 289 g/mol. The van der Waals surface area contributed by atoms with Crippen LogP contribution in [0.15, 0.2) is 18.5 Å². The molecular weight excluding hydrogens is 270 g/mol. The molecule has 0 radical (unpaired) electrons. The zero-order chi connectivity index (χ0) is 14.8. The zero-order valence-electron chi connectivity index (χ0n) is 11.7. The van der Waals surface area contributed by atoms with Crippen molar-refractivity contribution in [3.8, 4) is 0 Å². The van der Waals surface area contributed by atoms with Gasteiger partial charge in [-0.3, -0.25) is 20.4 Å². The maximum Gasteiger partial charge on any atom is 0.257 e. The number of pyridine rings is 1. The third-order valence-corrected chi connectivity index (χ3v) is 4.32. The van der Waals surface area contributed by atoms with Crippen molar-refractivity contribution in [3.63, 3.8) is 0 Å². The number of likely N-dealkylation sites (tertiary alicyclic amines) is 1. The SMILES string of the molecule is NNc1ccncc1C(=O)N1CCC2NC(=O)CCC2C1. The molecule has 2 amide bonds. The summed E-state index contributed by atoms with van der Waals surface area (Å²) in [5.74, 6) is 5.84. The van der Waals surface area contributed by atoms with Gasteiger partial charge in [-0.15, -0.1) is 0 Å². The number of hydrazine groups is 1. The van der Waals surface area contributed by atoms with Crippen LogP contribution in [0.1, 0.15) is 29.6 Å². The number of carbonyl (C=O) groups is 2. The van der Waals surface area contributed by atoms with Crippen LogP contribution in [0, 0.1) is 5.92 Å². The lowest BCUT2D eigenvalue weighted by Crippen LogP contribution is -2.55. The van der Waals surface area contributed by atoms with Crippen LogP contribution >= 0.6 is 0 Å². The molecule has 0 saturated carbocycles. The number of nitrogen functional groups attached to an aromatic ring is 1. The van der Waals surface area contributed by atoms with Crippen LogP contribution in [0.2, 0.25) is 0 Å². The topological polar surface area (TPSA) is 100 Å². The fourth-order valence-corrected chi connectivity index (χ4v) is 3.16. The predicted octanol–water partition coefficient (Wildman–Crippen LogP) is 0.108. The number of aromatic nitrogens is 1. The molecule has 2 unspecified atom stereocenters. The summed E-state index contributed by atoms with van der Waals surface area (Å²) in [5, 5.41) is 3.02. The van der Waals surface area contributed by atoms with Gasteiger partial charge in [-0.05, 0) is 24.8 Å². The first-order chi connectivity index (χ1) is 10.2. The Morgan fingerprint density at radius 1 is 1.48 bits per heavy atom. The van der Waals surface area contributed by atoms with E-state index < -0.39 is 0 Å². The molecule has 0 spiro atoms. The average Bonchev–Trinajstić information content (AvgIpc) is 2.53. The van der Waals surface area contributed by atoms with E-state index in [2.05, 4.69) is 15.7 Å². The summed E-state index contributed by atoms with van der Waals surface area (Å²) in [7, 11) is 0. The molecule has 7 heteroatoms. The fourth-order valence-electron chi connectivity index (χ4n) is 3.16. The molecule has 0 aromatic carbocycles. The Balaban J connectivity index is 1.73. The van der Waals surface area contributed by atoms with Crippen LogP contribution in [-0.4, -0.2) is 40.8 Å². The standard InChI is InChI=1S/C14H19N5O2/c15-18-12-3-5-16-7-10(12)14(21)19-6-4-11-9(8-19)1-2-13(20)17-11/h3,5,7,9,11H,1-2,4,6,8,15H2,(H,16,18)(H,17,20). The van der Waals surface area contributed by atoms with Gasteiger partial charge >= 0.3 is 0 Å². The minimum atomic E-state index is -0.0635. The molecule has 0 bridgehead atoms. The second-order valence-corrected chi connectivity index (χ2v) is 5.58. The van der Waals surface area contributed by atoms with E-state index in [-0.39, 0.29) is 17.9 Å². The first-order valence-corrected chi connectivity index (χ1v) is 7.18. The molecule has 112 valence electrons. The number of anilines is 1. The highest BCUT2D eigenvalue weighted by molar-refractivity contribution is 5.99. The molecule has 2 aliphatic heterocycles. The normalized spacial score (nSPS) is 25.0. The Hall–Kier alpha value is -2.15. The van der Waals surface area contributed by atoms with Crippen LogP contribution in [-0.2, 0) is 4.79 Å². The molecule has 4 N–H and O–H groups in total. The Morgan fingerprint density at radius 2 is 2.33 bits per heavy atom. The maximum absolute atomic E-state index is 12.6. The highest BCUT2D eigenvalue weighted by atomic mass is 16.2. The lowest BCUT2D eigenvalue weighted by Gasteiger charge is -2.41. The number of hydrogen-bond acceptors (Lipinski definition) is 5. The van der Waals surface area contributed by atoms with Crippen molar-refractivity contribution >= 4 is 17.5 Å². The summed E-state index contributed by atoms with van der Waals surface area (Å²) in [6, 6.07) is 1.89. The molecule has 2 saturated heterocycles. The summed E-state index contributed by atoms with van der Waals surface area (Å²) in [5.41, 5.74) is 3.60. The van der Waals surface area contributed by atoms with E-state index >= 15 is 0 Å². The summed E-state index contributed by atoms with van der Waals surface area (Å²) < 4.78 is 0. The molecule has 3 rings (SSSR count). The van der Waals surface area contributed by atoms with Crippen molar-refractivity contribution in [1.29, 1.82) is 0 Å². The number of piperidine rings is 2. The highest BCUT2D eigenvalue weighted by Crippen LogP contribution is 2.27. The number of nitrogens with two attached hydrogens (primary N) is 1. The van der Waals surface area contributed by atoms with Gasteiger partial charge in [-0.2, -0.15) is 0 Å². The van der Waals surface area contributed by atoms with Gasteiger partial charge in [0.15, 0.2) is 0 Å². The van der Waals surface area contributed by atoms with Gasteiger partial charge in [0.1, 0.15) is 0 Å². The third-order valence-electron chi connectivity index (χ3n) is 4.32. The van der Waals surface area contributed by atoms with E-state index in [9.17, 15) is 9.59 Å². The van der Waals surface area contributed by atoms with Crippen molar-refractivity contribution in [2.24, 2.45) is 11.8 Å². The van der Waals surface area contributed by atoms with E-state index in [1.54, 1.807) is 12.3 Å². The number of nitrogens with one attached hydrogen (secondary N) is 2. The molecule has 7 nitrogen and oxygen atoms in total. The second-order valence-electron chi connectivity index (χ2n) is 5.58. The number of amides is 2. The van der Waals surface area contributed by atoms with Crippen molar-refractivity contribution in [1.82, 2.24) is 15.2 Å². The lowest BCUT2D eigenvalue weighted by atomic mass is 9.85. The minimum Gasteiger partial charge on any atom is -0.353 e. The monoisotopic (exact) mass is 289 g/mol. The number of nitrogens with zero attached hydrogens (tertiary/aromatic N) is 2. The van der Waals surface area contributed by atoms with E-state index in [0.717, 1.165) is 12.8 Å². The lowest BCUT2D eigenvalue weighted by molar-refractivity contribution is -0.125. The Kier molecular flexibility index (Phi) is 3.74. The van der Waals surface area contributed by atoms with E-state index in [0.29, 0.717) is 36.7 Å². The van der Waals surface area contributed by atoms with E-state index in [4.69, 9.17) is 5.84 Å². The van der Waals surface area contributed by atoms with Gasteiger partial charge in [-0.25, -0.2) is 0 Å². The van der Waals surface area contributed by atoms with Crippen LogP contribution in [0.5, 0.6) is 0 Å². The Labute approximate surface area is 122 Å². The van der Waals surface area contributed by atoms with Crippen molar-refractivity contribution in [3.05, 3.63) is 24.0 Å². The molecule has 0 aliphatic carbocycles. The van der Waals surface area contributed by atoms with Gasteiger partial charge in [0.2, 0.25) is 5.91 Å². The first-order valence-electron chi connectivity index (χ1n) is 7.18. The second kappa shape index (κ2) is 5.69. The Bertz CT molecular complexity index is 562. The summed E-state index contributed by atoms with van der Waals surface area (Å²) in [6.07, 6.45) is 5.32. The number of fused-ring (bicyclic) bond motifs is 1. The molecule has 21 heavy (non-hydrogen) atoms. The Morgan fingerprint density at radius 3 is 3.14 bits per heavy atom. The molecule has 2 fully saturated rings. The number of carbonyl (C=O) groups excluding carboxylic acids is 2. The van der Waals surface area contributed by atoms with Crippen molar-refractivity contribution in [2.75, 3.05) is 18.5 Å². The molecule has 2 atom stereocenters. The molecule has 2 aliphatic rings. The maximum atomic E-state index is 12.6. The van der Waals surface area contributed by atoms with E-state index in [1.165, 1.54) is 6.20 Å². The summed E-state index contributed by atoms with van der Waals surface area (Å²) in [4.78, 5) is 29.9. The fraction of sp³-hybridized carbons (Fsp3) is 0.500. The van der Waals surface area contributed by atoms with Crippen LogP contribution in [0.4, 0.5) is 5.69 Å². The minimum absolute atomic E-state index is 0.0635. The smallest absolute Gasteiger partial charge is 0.257 e. The van der Waals surface area contributed by atoms with Crippen molar-refractivity contribution < 1.29 is 9.59 Å². The predicted molar refractivity (Wildman–Crippen MR) is 77.2 cm³/mol. The molecule has 1 aromatic heterocycles. The molecule has 3 heterocycles.